The van der Waals surface area contributed by atoms with Gasteiger partial charge in [-0.1, -0.05) is 24.7 Å². The summed E-state index contributed by atoms with van der Waals surface area (Å²) < 4.78 is 47.0. The number of hydrogen-bond donors (Lipinski definition) is 1. The molecule has 0 radical (unpaired) electrons. The third-order valence-corrected chi connectivity index (χ3v) is 5.57. The summed E-state index contributed by atoms with van der Waals surface area (Å²) in [5.41, 5.74) is 8.05. The zero-order valence-corrected chi connectivity index (χ0v) is 17.7. The first-order valence-electron chi connectivity index (χ1n) is 13.0. The fraction of sp³-hybridized carbons (Fsp3) is 0.200. The van der Waals surface area contributed by atoms with Gasteiger partial charge in [0, 0.05) is 18.7 Å². The molecule has 1 saturated heterocycles. The number of likely N-dealkylation sites (tertiary alicyclic amines) is 1. The van der Waals surface area contributed by atoms with Crippen LogP contribution in [0.4, 0.5) is 5.82 Å². The van der Waals surface area contributed by atoms with Gasteiger partial charge >= 0.3 is 0 Å². The second-order valence-electron chi connectivity index (χ2n) is 7.62. The van der Waals surface area contributed by atoms with Gasteiger partial charge in [0.2, 0.25) is 5.91 Å². The van der Waals surface area contributed by atoms with Gasteiger partial charge < -0.3 is 15.4 Å². The van der Waals surface area contributed by atoms with Crippen molar-refractivity contribution >= 4 is 22.8 Å². The summed E-state index contributed by atoms with van der Waals surface area (Å²) in [7, 11) is 0. The molecule has 0 spiro atoms. The molecule has 1 aliphatic rings. The summed E-state index contributed by atoms with van der Waals surface area (Å²) in [5.74, 6) is 0.166. The summed E-state index contributed by atoms with van der Waals surface area (Å²) in [6.07, 6.45) is 4.31. The van der Waals surface area contributed by atoms with Crippen molar-refractivity contribution in [2.75, 3.05) is 18.8 Å². The smallest absolute Gasteiger partial charge is 0.246 e. The van der Waals surface area contributed by atoms with E-state index < -0.39 is 30.2 Å². The number of nitrogen functional groups attached to an aromatic ring is 1. The minimum absolute atomic E-state index is 0.107. The molecule has 1 amide bonds. The number of carbonyl (C=O) groups is 1. The molecule has 33 heavy (non-hydrogen) atoms. The Kier molecular flexibility index (Phi) is 4.13. The lowest BCUT2D eigenvalue weighted by Gasteiger charge is -2.32. The number of ether oxygens (including phenoxy) is 1. The fourth-order valence-electron chi connectivity index (χ4n) is 4.02. The Labute approximate surface area is 198 Å². The molecule has 3 heterocycles. The van der Waals surface area contributed by atoms with Gasteiger partial charge in [0.1, 0.15) is 29.3 Å². The second kappa shape index (κ2) is 8.74. The van der Waals surface area contributed by atoms with Crippen molar-refractivity contribution in [2.24, 2.45) is 0 Å². The molecule has 4 aromatic rings. The van der Waals surface area contributed by atoms with Gasteiger partial charge in [-0.05, 0) is 55.3 Å². The molecule has 2 N–H and O–H groups in total. The van der Waals surface area contributed by atoms with E-state index >= 15 is 0 Å². The molecule has 0 unspecified atom stereocenters. The highest BCUT2D eigenvalue weighted by Crippen LogP contribution is 2.34. The summed E-state index contributed by atoms with van der Waals surface area (Å²) in [6, 6.07) is 4.32. The second-order valence-corrected chi connectivity index (χ2v) is 7.62. The predicted octanol–water partition coefficient (Wildman–Crippen LogP) is 4.22. The van der Waals surface area contributed by atoms with Crippen LogP contribution in [0.5, 0.6) is 11.5 Å². The maximum atomic E-state index is 12.2. The van der Waals surface area contributed by atoms with Crippen LogP contribution in [0, 0.1) is 0 Å². The van der Waals surface area contributed by atoms with E-state index in [-0.39, 0.29) is 29.3 Å². The first-order valence-corrected chi connectivity index (χ1v) is 10.5. The van der Waals surface area contributed by atoms with Crippen molar-refractivity contribution in [3.05, 3.63) is 73.5 Å². The third kappa shape index (κ3) is 4.03. The van der Waals surface area contributed by atoms with Crippen molar-refractivity contribution in [3.63, 3.8) is 0 Å². The number of aromatic nitrogens is 4. The van der Waals surface area contributed by atoms with Gasteiger partial charge in [-0.25, -0.2) is 14.6 Å². The summed E-state index contributed by atoms with van der Waals surface area (Å²) in [5, 5.41) is 5.42. The quantitative estimate of drug-likeness (QED) is 0.462. The van der Waals surface area contributed by atoms with E-state index in [1.165, 1.54) is 12.4 Å². The van der Waals surface area contributed by atoms with Crippen molar-refractivity contribution in [1.29, 1.82) is 0 Å². The maximum absolute atomic E-state index is 12.2. The molecule has 0 bridgehead atoms. The number of carbonyl (C=O) groups excluding carboxylic acids is 1. The van der Waals surface area contributed by atoms with Crippen LogP contribution in [0.3, 0.4) is 0 Å². The van der Waals surface area contributed by atoms with Gasteiger partial charge in [0.15, 0.2) is 5.65 Å². The Morgan fingerprint density at radius 2 is 1.97 bits per heavy atom. The number of anilines is 1. The number of benzene rings is 2. The average Bonchev–Trinajstić information content (AvgIpc) is 3.34. The van der Waals surface area contributed by atoms with E-state index in [1.54, 1.807) is 33.8 Å². The largest absolute Gasteiger partial charge is 0.457 e. The van der Waals surface area contributed by atoms with Gasteiger partial charge in [-0.3, -0.25) is 4.79 Å². The number of hydrogen-bond acceptors (Lipinski definition) is 6. The number of para-hydroxylation sites is 1. The minimum atomic E-state index is -0.486. The van der Waals surface area contributed by atoms with E-state index in [0.717, 1.165) is 12.8 Å². The molecule has 0 aliphatic carbocycles. The summed E-state index contributed by atoms with van der Waals surface area (Å²) in [4.78, 5) is 22.5. The van der Waals surface area contributed by atoms with Crippen LogP contribution in [0.1, 0.15) is 25.7 Å². The number of rotatable bonds is 5. The molecule has 0 saturated carbocycles. The first-order chi connectivity index (χ1) is 18.2. The average molecular weight is 446 g/mol. The van der Waals surface area contributed by atoms with Crippen LogP contribution in [0.25, 0.3) is 22.3 Å². The van der Waals surface area contributed by atoms with E-state index in [2.05, 4.69) is 16.5 Å². The molecule has 1 atom stereocenters. The third-order valence-electron chi connectivity index (χ3n) is 5.57. The van der Waals surface area contributed by atoms with Gasteiger partial charge in [-0.15, -0.1) is 0 Å². The van der Waals surface area contributed by atoms with E-state index in [9.17, 15) is 4.79 Å². The Morgan fingerprint density at radius 1 is 1.18 bits per heavy atom. The number of nitrogens with two attached hydrogens (primary N) is 1. The van der Waals surface area contributed by atoms with E-state index in [1.807, 2.05) is 0 Å². The molecule has 8 nitrogen and oxygen atoms in total. The maximum Gasteiger partial charge on any atom is 0.246 e. The molecule has 2 aromatic heterocycles. The molecular formula is C25H24N6O2. The van der Waals surface area contributed by atoms with Gasteiger partial charge in [-0.2, -0.15) is 5.10 Å². The zero-order chi connectivity index (χ0) is 27.1. The lowest BCUT2D eigenvalue weighted by molar-refractivity contribution is -0.127. The Balaban J connectivity index is 1.50. The molecule has 166 valence electrons. The minimum Gasteiger partial charge on any atom is -0.457 e. The molecule has 5 rings (SSSR count). The Hall–Kier alpha value is -4.20. The molecular weight excluding hydrogens is 416 g/mol. The zero-order valence-electron chi connectivity index (χ0n) is 22.7. The topological polar surface area (TPSA) is 99.2 Å². The molecule has 1 aliphatic heterocycles. The van der Waals surface area contributed by atoms with Crippen LogP contribution in [0.15, 0.2) is 73.5 Å². The van der Waals surface area contributed by atoms with Crippen molar-refractivity contribution < 1.29 is 16.4 Å². The van der Waals surface area contributed by atoms with Gasteiger partial charge in [0.05, 0.1) is 18.3 Å². The van der Waals surface area contributed by atoms with Crippen LogP contribution in [-0.4, -0.2) is 43.6 Å². The number of fused-ring (bicyclic) bond motifs is 1. The first kappa shape index (κ1) is 15.6. The highest BCUT2D eigenvalue weighted by molar-refractivity contribution is 5.98. The van der Waals surface area contributed by atoms with Crippen molar-refractivity contribution in [2.45, 2.75) is 18.9 Å². The Morgan fingerprint density at radius 3 is 2.73 bits per heavy atom. The normalized spacial score (nSPS) is 18.1. The van der Waals surface area contributed by atoms with Crippen LogP contribution < -0.4 is 10.5 Å². The number of amides is 1. The van der Waals surface area contributed by atoms with E-state index in [4.69, 9.17) is 22.4 Å². The Bertz CT molecular complexity index is 1540. The summed E-state index contributed by atoms with van der Waals surface area (Å²) >= 11 is 0. The standard InChI is InChI=1S/C25H24N6O2/c1-2-21(32)30-14-6-7-18(15-30)31-25-22(24(26)27-16-28-25)23(29-31)17-10-12-20(13-11-17)33-19-8-4-3-5-9-19/h2-5,8-13,16,18H,1,6-7,14-15H2,(H2,26,27,28)/t18-/m0/s1/i3D,4D,5D,8D,9D. The fourth-order valence-corrected chi connectivity index (χ4v) is 4.02. The highest BCUT2D eigenvalue weighted by Gasteiger charge is 2.28. The number of nitrogens with zero attached hydrogens (tertiary/aromatic N) is 5. The highest BCUT2D eigenvalue weighted by atomic mass is 16.5. The van der Waals surface area contributed by atoms with Crippen molar-refractivity contribution in [1.82, 2.24) is 24.6 Å². The monoisotopic (exact) mass is 445 g/mol. The van der Waals surface area contributed by atoms with Gasteiger partial charge in [0.25, 0.3) is 0 Å². The molecule has 1 fully saturated rings. The van der Waals surface area contributed by atoms with Crippen LogP contribution in [-0.2, 0) is 4.79 Å². The van der Waals surface area contributed by atoms with E-state index in [0.29, 0.717) is 35.4 Å². The van der Waals surface area contributed by atoms with Crippen molar-refractivity contribution in [3.8, 4) is 22.8 Å². The predicted molar refractivity (Wildman–Crippen MR) is 127 cm³/mol. The number of piperidine rings is 1. The SMILES string of the molecule is [2H]c1c([2H])c([2H])c(Oc2ccc(-c3nn([C@H]4CCCN(C(=O)C=C)C4)c4ncnc(N)c34)cc2)c([2H])c1[2H]. The summed E-state index contributed by atoms with van der Waals surface area (Å²) in [6.45, 7) is 4.71. The molecule has 2 aromatic carbocycles. The van der Waals surface area contributed by atoms with Crippen LogP contribution >= 0.6 is 0 Å². The molecule has 8 heteroatoms. The lowest BCUT2D eigenvalue weighted by atomic mass is 10.1. The van der Waals surface area contributed by atoms with Crippen LogP contribution in [0.2, 0.25) is 0 Å². The lowest BCUT2D eigenvalue weighted by Crippen LogP contribution is -2.40.